The van der Waals surface area contributed by atoms with E-state index in [4.69, 9.17) is 0 Å². The molecule has 1 aromatic rings. The Morgan fingerprint density at radius 1 is 1.31 bits per heavy atom. The van der Waals surface area contributed by atoms with E-state index in [-0.39, 0.29) is 29.2 Å². The van der Waals surface area contributed by atoms with E-state index in [1.807, 2.05) is 0 Å². The maximum Gasteiger partial charge on any atom is 0.416 e. The Bertz CT molecular complexity index is 451. The first-order chi connectivity index (χ1) is 7.39. The van der Waals surface area contributed by atoms with Crippen molar-refractivity contribution in [3.05, 3.63) is 28.6 Å². The van der Waals surface area contributed by atoms with Gasteiger partial charge in [-0.05, 0) is 31.4 Å². The van der Waals surface area contributed by atoms with Gasteiger partial charge in [-0.3, -0.25) is 4.79 Å². The summed E-state index contributed by atoms with van der Waals surface area (Å²) in [7, 11) is 0. The summed E-state index contributed by atoms with van der Waals surface area (Å²) in [4.78, 5) is 15.4. The van der Waals surface area contributed by atoms with Gasteiger partial charge in [0.05, 0.1) is 5.56 Å². The Morgan fingerprint density at radius 3 is 2.62 bits per heavy atom. The van der Waals surface area contributed by atoms with Crippen LogP contribution in [0.3, 0.4) is 0 Å². The molecule has 0 saturated heterocycles. The Labute approximate surface area is 90.5 Å². The zero-order valence-corrected chi connectivity index (χ0v) is 8.69. The molecule has 1 aliphatic rings. The Balaban J connectivity index is 2.67. The van der Waals surface area contributed by atoms with Crippen molar-refractivity contribution in [2.45, 2.75) is 32.4 Å². The summed E-state index contributed by atoms with van der Waals surface area (Å²) in [5.74, 6) is -0.282. The number of aromatic nitrogens is 1. The molecule has 1 aliphatic carbocycles. The number of nitrogens with zero attached hydrogens (tertiary/aromatic N) is 1. The smallest absolute Gasteiger partial charge is 0.292 e. The van der Waals surface area contributed by atoms with E-state index in [9.17, 15) is 18.0 Å². The molecule has 0 amide bonds. The van der Waals surface area contributed by atoms with Gasteiger partial charge in [-0.2, -0.15) is 13.2 Å². The molecule has 0 fully saturated rings. The lowest BCUT2D eigenvalue weighted by atomic mass is 9.90. The van der Waals surface area contributed by atoms with Gasteiger partial charge in [0.2, 0.25) is 0 Å². The Hall–Kier alpha value is -1.39. The molecular formula is C11H10F3NO. The van der Waals surface area contributed by atoms with Crippen LogP contribution in [0.15, 0.2) is 6.07 Å². The lowest BCUT2D eigenvalue weighted by molar-refractivity contribution is -0.138. The van der Waals surface area contributed by atoms with Crippen molar-refractivity contribution in [2.24, 2.45) is 0 Å². The van der Waals surface area contributed by atoms with E-state index in [1.54, 1.807) is 0 Å². The SMILES string of the molecule is Cc1cc(C(F)(F)F)c2c(n1)C(=O)CCC2. The zero-order valence-electron chi connectivity index (χ0n) is 8.69. The monoisotopic (exact) mass is 229 g/mol. The number of carbonyl (C=O) groups excluding carboxylic acids is 1. The van der Waals surface area contributed by atoms with Crippen LogP contribution in [0.25, 0.3) is 0 Å². The second-order valence-corrected chi connectivity index (χ2v) is 3.91. The molecule has 0 atom stereocenters. The van der Waals surface area contributed by atoms with Crippen molar-refractivity contribution < 1.29 is 18.0 Å². The quantitative estimate of drug-likeness (QED) is 0.684. The molecule has 0 aromatic carbocycles. The minimum absolute atomic E-state index is 0.0126. The molecule has 16 heavy (non-hydrogen) atoms. The maximum absolute atomic E-state index is 12.7. The molecule has 0 unspecified atom stereocenters. The average Bonchev–Trinajstić information content (AvgIpc) is 2.17. The van der Waals surface area contributed by atoms with Crippen LogP contribution in [-0.4, -0.2) is 10.8 Å². The zero-order chi connectivity index (χ0) is 11.9. The normalized spacial score (nSPS) is 16.1. The molecule has 2 rings (SSSR count). The number of halogens is 3. The highest BCUT2D eigenvalue weighted by atomic mass is 19.4. The van der Waals surface area contributed by atoms with Crippen molar-refractivity contribution in [1.82, 2.24) is 4.98 Å². The van der Waals surface area contributed by atoms with Crippen molar-refractivity contribution in [3.63, 3.8) is 0 Å². The predicted octanol–water partition coefficient (Wildman–Crippen LogP) is 2.93. The summed E-state index contributed by atoms with van der Waals surface area (Å²) in [6, 6.07) is 1.01. The number of aryl methyl sites for hydroxylation is 1. The molecule has 0 bridgehead atoms. The van der Waals surface area contributed by atoms with E-state index < -0.39 is 11.7 Å². The summed E-state index contributed by atoms with van der Waals surface area (Å²) in [6.45, 7) is 1.47. The molecule has 5 heteroatoms. The number of rotatable bonds is 0. The summed E-state index contributed by atoms with van der Waals surface area (Å²) in [5.41, 5.74) is -0.391. The van der Waals surface area contributed by atoms with Gasteiger partial charge >= 0.3 is 6.18 Å². The molecule has 1 aromatic heterocycles. The fraction of sp³-hybridized carbons (Fsp3) is 0.455. The third-order valence-corrected chi connectivity index (χ3v) is 2.65. The highest BCUT2D eigenvalue weighted by Gasteiger charge is 2.36. The number of pyridine rings is 1. The Morgan fingerprint density at radius 2 is 2.00 bits per heavy atom. The standard InChI is InChI=1S/C11H10F3NO/c1-6-5-8(11(12,13)14)7-3-2-4-9(16)10(7)15-6/h5H,2-4H2,1H3. The van der Waals surface area contributed by atoms with Crippen LogP contribution in [0.2, 0.25) is 0 Å². The molecule has 0 aliphatic heterocycles. The minimum Gasteiger partial charge on any atom is -0.292 e. The third-order valence-electron chi connectivity index (χ3n) is 2.65. The first-order valence-electron chi connectivity index (χ1n) is 5.00. The fourth-order valence-corrected chi connectivity index (χ4v) is 1.98. The van der Waals surface area contributed by atoms with Gasteiger partial charge in [-0.25, -0.2) is 4.98 Å². The fourth-order valence-electron chi connectivity index (χ4n) is 1.98. The van der Waals surface area contributed by atoms with Crippen molar-refractivity contribution in [2.75, 3.05) is 0 Å². The Kier molecular flexibility index (Phi) is 2.48. The molecule has 0 radical (unpaired) electrons. The van der Waals surface area contributed by atoms with Crippen LogP contribution < -0.4 is 0 Å². The molecular weight excluding hydrogens is 219 g/mol. The molecule has 0 spiro atoms. The van der Waals surface area contributed by atoms with Crippen LogP contribution in [0.5, 0.6) is 0 Å². The van der Waals surface area contributed by atoms with Crippen LogP contribution in [0.4, 0.5) is 13.2 Å². The van der Waals surface area contributed by atoms with Crippen molar-refractivity contribution in [3.8, 4) is 0 Å². The van der Waals surface area contributed by atoms with Crippen LogP contribution >= 0.6 is 0 Å². The van der Waals surface area contributed by atoms with Gasteiger partial charge in [-0.1, -0.05) is 0 Å². The number of hydrogen-bond acceptors (Lipinski definition) is 2. The molecule has 0 saturated carbocycles. The van der Waals surface area contributed by atoms with E-state index >= 15 is 0 Å². The topological polar surface area (TPSA) is 30.0 Å². The first-order valence-corrected chi connectivity index (χ1v) is 5.00. The third kappa shape index (κ3) is 1.81. The summed E-state index contributed by atoms with van der Waals surface area (Å²) >= 11 is 0. The van der Waals surface area contributed by atoms with Crippen LogP contribution in [0.1, 0.15) is 40.2 Å². The maximum atomic E-state index is 12.7. The first kappa shape index (κ1) is 11.1. The molecule has 2 nitrogen and oxygen atoms in total. The summed E-state index contributed by atoms with van der Waals surface area (Å²) in [6.07, 6.45) is -3.36. The van der Waals surface area contributed by atoms with E-state index in [0.717, 1.165) is 6.07 Å². The molecule has 86 valence electrons. The van der Waals surface area contributed by atoms with E-state index in [2.05, 4.69) is 4.98 Å². The predicted molar refractivity (Wildman–Crippen MR) is 51.2 cm³/mol. The highest BCUT2D eigenvalue weighted by molar-refractivity contribution is 5.97. The van der Waals surface area contributed by atoms with Gasteiger partial charge in [0.1, 0.15) is 5.69 Å². The largest absolute Gasteiger partial charge is 0.416 e. The minimum atomic E-state index is -4.41. The summed E-state index contributed by atoms with van der Waals surface area (Å²) in [5, 5.41) is 0. The number of ketones is 1. The van der Waals surface area contributed by atoms with Crippen LogP contribution in [-0.2, 0) is 12.6 Å². The average molecular weight is 229 g/mol. The second-order valence-electron chi connectivity index (χ2n) is 3.91. The van der Waals surface area contributed by atoms with Gasteiger partial charge in [-0.15, -0.1) is 0 Å². The van der Waals surface area contributed by atoms with Gasteiger partial charge in [0.25, 0.3) is 0 Å². The van der Waals surface area contributed by atoms with Gasteiger partial charge in [0.15, 0.2) is 5.78 Å². The van der Waals surface area contributed by atoms with Crippen LogP contribution in [0, 0.1) is 6.92 Å². The van der Waals surface area contributed by atoms with Crippen molar-refractivity contribution in [1.29, 1.82) is 0 Å². The van der Waals surface area contributed by atoms with E-state index in [0.29, 0.717) is 12.8 Å². The number of Topliss-reactive ketones (excluding diaryl/α,β-unsaturated/α-hetero) is 1. The number of hydrogen-bond donors (Lipinski definition) is 0. The van der Waals surface area contributed by atoms with Crippen molar-refractivity contribution >= 4 is 5.78 Å². The molecule has 1 heterocycles. The van der Waals surface area contributed by atoms with Gasteiger partial charge in [0, 0.05) is 12.1 Å². The number of carbonyl (C=O) groups is 1. The molecule has 0 N–H and O–H groups in total. The van der Waals surface area contributed by atoms with Gasteiger partial charge < -0.3 is 0 Å². The lowest BCUT2D eigenvalue weighted by Gasteiger charge is -2.19. The summed E-state index contributed by atoms with van der Waals surface area (Å²) < 4.78 is 38.2. The highest BCUT2D eigenvalue weighted by Crippen LogP contribution is 2.36. The van der Waals surface area contributed by atoms with E-state index in [1.165, 1.54) is 6.92 Å². The lowest BCUT2D eigenvalue weighted by Crippen LogP contribution is -2.20. The number of alkyl halides is 3. The second kappa shape index (κ2) is 3.57. The number of fused-ring (bicyclic) bond motifs is 1.